The fourth-order valence-electron chi connectivity index (χ4n) is 11.3. The van der Waals surface area contributed by atoms with Crippen LogP contribution in [0.3, 0.4) is 0 Å². The van der Waals surface area contributed by atoms with Crippen molar-refractivity contribution in [3.05, 3.63) is 224 Å². The number of nitrogens with zero attached hydrogens (tertiary/aromatic N) is 5. The Morgan fingerprint density at radius 3 is 1.28 bits per heavy atom. The van der Waals surface area contributed by atoms with Gasteiger partial charge in [-0.3, -0.25) is 4.57 Å². The van der Waals surface area contributed by atoms with Crippen molar-refractivity contribution in [2.24, 2.45) is 0 Å². The SMILES string of the molecule is Cc1ccccc1-n1c(-c2ccc3sc4ccc(-n5c6ccc(-n7c8ccccc8c8ccccc87)cc6c6cc(-n7c8ccccc8c8ccccc87)ccc65)cc4c3c2)nc2ccccc21. The fraction of sp³-hybridized carbons (Fsp3) is 0.0161. The molecular weight excluding hydrogens is 847 g/mol. The Morgan fingerprint density at radius 2 is 0.735 bits per heavy atom. The summed E-state index contributed by atoms with van der Waals surface area (Å²) in [5.74, 6) is 0.943. The molecule has 68 heavy (non-hydrogen) atoms. The highest BCUT2D eigenvalue weighted by Crippen LogP contribution is 2.43. The Balaban J connectivity index is 0.971. The minimum absolute atomic E-state index is 0.943. The molecule has 0 saturated carbocycles. The predicted octanol–water partition coefficient (Wildman–Crippen LogP) is 16.7. The number of fused-ring (bicyclic) bond motifs is 13. The summed E-state index contributed by atoms with van der Waals surface area (Å²) in [4.78, 5) is 5.27. The molecule has 5 heterocycles. The summed E-state index contributed by atoms with van der Waals surface area (Å²) in [5, 5.41) is 9.90. The topological polar surface area (TPSA) is 32.6 Å². The molecule has 0 saturated heterocycles. The molecule has 0 atom stereocenters. The minimum atomic E-state index is 0.943. The van der Waals surface area contributed by atoms with Crippen LogP contribution in [0.15, 0.2) is 218 Å². The van der Waals surface area contributed by atoms with E-state index in [1.807, 2.05) is 11.3 Å². The van der Waals surface area contributed by atoms with Gasteiger partial charge in [0.2, 0.25) is 0 Å². The molecule has 15 rings (SSSR count). The monoisotopic (exact) mass is 885 g/mol. The first-order chi connectivity index (χ1) is 33.6. The Morgan fingerprint density at radius 1 is 0.324 bits per heavy atom. The molecule has 318 valence electrons. The number of para-hydroxylation sites is 7. The second-order valence-electron chi connectivity index (χ2n) is 18.0. The second-order valence-corrected chi connectivity index (χ2v) is 19.1. The first-order valence-corrected chi connectivity index (χ1v) is 24.0. The number of rotatable bonds is 5. The highest BCUT2D eigenvalue weighted by Gasteiger charge is 2.21. The lowest BCUT2D eigenvalue weighted by molar-refractivity contribution is 1.08. The number of aromatic nitrogens is 5. The molecule has 10 aromatic carbocycles. The number of benzene rings is 10. The van der Waals surface area contributed by atoms with Crippen LogP contribution >= 0.6 is 11.3 Å². The van der Waals surface area contributed by atoms with Crippen molar-refractivity contribution in [2.45, 2.75) is 6.92 Å². The maximum absolute atomic E-state index is 5.27. The predicted molar refractivity (Wildman–Crippen MR) is 287 cm³/mol. The number of hydrogen-bond acceptors (Lipinski definition) is 2. The van der Waals surface area contributed by atoms with Crippen LogP contribution in [0, 0.1) is 6.92 Å². The molecule has 0 radical (unpaired) electrons. The van der Waals surface area contributed by atoms with Gasteiger partial charge in [-0.1, -0.05) is 103 Å². The van der Waals surface area contributed by atoms with Crippen LogP contribution in [-0.2, 0) is 0 Å². The molecule has 0 fully saturated rings. The summed E-state index contributed by atoms with van der Waals surface area (Å²) in [6, 6.07) is 80.1. The average molecular weight is 886 g/mol. The van der Waals surface area contributed by atoms with Gasteiger partial charge in [-0.05, 0) is 128 Å². The molecule has 5 nitrogen and oxygen atoms in total. The lowest BCUT2D eigenvalue weighted by atomic mass is 10.1. The number of aryl methyl sites for hydroxylation is 1. The van der Waals surface area contributed by atoms with E-state index < -0.39 is 0 Å². The van der Waals surface area contributed by atoms with Crippen molar-refractivity contribution in [1.29, 1.82) is 0 Å². The number of hydrogen-bond donors (Lipinski definition) is 0. The van der Waals surface area contributed by atoms with E-state index in [0.717, 1.165) is 56.2 Å². The summed E-state index contributed by atoms with van der Waals surface area (Å²) in [7, 11) is 0. The van der Waals surface area contributed by atoms with Crippen LogP contribution in [0.5, 0.6) is 0 Å². The lowest BCUT2D eigenvalue weighted by Gasteiger charge is -2.12. The van der Waals surface area contributed by atoms with Crippen molar-refractivity contribution >= 4 is 108 Å². The highest BCUT2D eigenvalue weighted by atomic mass is 32.1. The summed E-state index contributed by atoms with van der Waals surface area (Å²) in [5.41, 5.74) is 16.1. The van der Waals surface area contributed by atoms with Gasteiger partial charge in [-0.15, -0.1) is 11.3 Å². The highest BCUT2D eigenvalue weighted by molar-refractivity contribution is 7.25. The van der Waals surface area contributed by atoms with Gasteiger partial charge in [0.15, 0.2) is 0 Å². The molecule has 0 aliphatic rings. The van der Waals surface area contributed by atoms with E-state index in [2.05, 4.69) is 244 Å². The average Bonchev–Trinajstić information content (AvgIpc) is 4.20. The normalized spacial score (nSPS) is 12.2. The van der Waals surface area contributed by atoms with Gasteiger partial charge in [0.25, 0.3) is 0 Å². The Hall–Kier alpha value is -8.71. The summed E-state index contributed by atoms with van der Waals surface area (Å²) >= 11 is 1.85. The van der Waals surface area contributed by atoms with Gasteiger partial charge in [0, 0.05) is 75.1 Å². The Kier molecular flexibility index (Phi) is 7.80. The molecule has 0 bridgehead atoms. The van der Waals surface area contributed by atoms with Crippen LogP contribution in [0.25, 0.3) is 131 Å². The lowest BCUT2D eigenvalue weighted by Crippen LogP contribution is -1.99. The van der Waals surface area contributed by atoms with Gasteiger partial charge in [0.1, 0.15) is 5.82 Å². The van der Waals surface area contributed by atoms with Crippen LogP contribution in [0.1, 0.15) is 5.56 Å². The molecule has 6 heteroatoms. The third-order valence-corrected chi connectivity index (χ3v) is 15.4. The van der Waals surface area contributed by atoms with Gasteiger partial charge < -0.3 is 13.7 Å². The smallest absolute Gasteiger partial charge is 0.145 e. The molecular formula is C62H39N5S. The van der Waals surface area contributed by atoms with Crippen molar-refractivity contribution in [3.63, 3.8) is 0 Å². The maximum Gasteiger partial charge on any atom is 0.145 e. The van der Waals surface area contributed by atoms with E-state index in [1.54, 1.807) is 0 Å². The molecule has 0 spiro atoms. The summed E-state index contributed by atoms with van der Waals surface area (Å²) in [6.07, 6.45) is 0. The van der Waals surface area contributed by atoms with E-state index in [0.29, 0.717) is 0 Å². The standard InChI is InChI=1S/C62H39N5S/c1-38-14-2-8-20-52(38)67-59-25-13-7-19-51(59)63-62(67)39-26-32-60-49(34-39)50-37-42(29-33-61(50)68-60)66-57-30-27-40(64-53-21-9-3-15-43(53)44-16-4-10-22-54(44)64)35-47(57)48-36-41(28-31-58(48)66)65-55-23-11-5-17-45(55)46-18-6-12-24-56(46)65/h2-37H,1H3. The van der Waals surface area contributed by atoms with E-state index in [-0.39, 0.29) is 0 Å². The van der Waals surface area contributed by atoms with Crippen molar-refractivity contribution in [3.8, 4) is 34.1 Å². The zero-order chi connectivity index (χ0) is 44.6. The quantitative estimate of drug-likeness (QED) is 0.169. The summed E-state index contributed by atoms with van der Waals surface area (Å²) in [6.45, 7) is 2.18. The number of thiophene rings is 1. The second kappa shape index (κ2) is 14.1. The third kappa shape index (κ3) is 5.29. The molecule has 0 aliphatic carbocycles. The maximum atomic E-state index is 5.27. The Labute approximate surface area is 394 Å². The van der Waals surface area contributed by atoms with Crippen molar-refractivity contribution in [2.75, 3.05) is 0 Å². The van der Waals surface area contributed by atoms with Gasteiger partial charge in [-0.2, -0.15) is 0 Å². The van der Waals surface area contributed by atoms with Gasteiger partial charge >= 0.3 is 0 Å². The zero-order valence-electron chi connectivity index (χ0n) is 36.9. The molecule has 0 amide bonds. The largest absolute Gasteiger partial charge is 0.309 e. The van der Waals surface area contributed by atoms with Crippen molar-refractivity contribution in [1.82, 2.24) is 23.3 Å². The first kappa shape index (κ1) is 37.5. The van der Waals surface area contributed by atoms with Crippen LogP contribution < -0.4 is 0 Å². The molecule has 0 unspecified atom stereocenters. The summed E-state index contributed by atoms with van der Waals surface area (Å²) < 4.78 is 12.2. The van der Waals surface area contributed by atoms with E-state index in [9.17, 15) is 0 Å². The minimum Gasteiger partial charge on any atom is -0.309 e. The van der Waals surface area contributed by atoms with Gasteiger partial charge in [0.05, 0.1) is 49.8 Å². The third-order valence-electron chi connectivity index (χ3n) is 14.3. The van der Waals surface area contributed by atoms with E-state index >= 15 is 0 Å². The van der Waals surface area contributed by atoms with Crippen LogP contribution in [0.2, 0.25) is 0 Å². The molecule has 0 aliphatic heterocycles. The van der Waals surface area contributed by atoms with E-state index in [1.165, 1.54) is 80.1 Å². The number of imidazole rings is 1. The van der Waals surface area contributed by atoms with E-state index in [4.69, 9.17) is 4.98 Å². The molecule has 15 aromatic rings. The van der Waals surface area contributed by atoms with Crippen molar-refractivity contribution < 1.29 is 0 Å². The Bertz CT molecular complexity index is 4310. The fourth-order valence-corrected chi connectivity index (χ4v) is 12.3. The molecule has 5 aromatic heterocycles. The molecule has 0 N–H and O–H groups in total. The van der Waals surface area contributed by atoms with Gasteiger partial charge in [-0.25, -0.2) is 4.98 Å². The van der Waals surface area contributed by atoms with Crippen LogP contribution in [0.4, 0.5) is 0 Å². The van der Waals surface area contributed by atoms with Crippen LogP contribution in [-0.4, -0.2) is 23.3 Å². The first-order valence-electron chi connectivity index (χ1n) is 23.2. The zero-order valence-corrected chi connectivity index (χ0v) is 37.7.